The Morgan fingerprint density at radius 3 is 2.37 bits per heavy atom. The van der Waals surface area contributed by atoms with Crippen molar-refractivity contribution in [2.45, 2.75) is 31.7 Å². The van der Waals surface area contributed by atoms with Crippen LogP contribution in [0.2, 0.25) is 0 Å². The van der Waals surface area contributed by atoms with Gasteiger partial charge in [-0.1, -0.05) is 30.3 Å². The summed E-state index contributed by atoms with van der Waals surface area (Å²) in [6.07, 6.45) is -4.46. The van der Waals surface area contributed by atoms with Crippen LogP contribution in [0.15, 0.2) is 48.5 Å². The van der Waals surface area contributed by atoms with E-state index in [9.17, 15) is 27.2 Å². The van der Waals surface area contributed by atoms with Crippen LogP contribution in [0.4, 0.5) is 23.2 Å². The molecule has 0 aliphatic carbocycles. The summed E-state index contributed by atoms with van der Waals surface area (Å²) < 4.78 is 56.4. The molecule has 0 bridgehead atoms. The zero-order chi connectivity index (χ0) is 21.7. The number of benzene rings is 2. The monoisotopic (exact) mass is 424 g/mol. The van der Waals surface area contributed by atoms with Crippen LogP contribution < -0.4 is 5.32 Å². The minimum Gasteiger partial charge on any atom is -0.459 e. The smallest absolute Gasteiger partial charge is 0.459 e. The van der Waals surface area contributed by atoms with Crippen LogP contribution in [0.25, 0.3) is 0 Å². The topological polar surface area (TPSA) is 58.6 Å². The van der Waals surface area contributed by atoms with Gasteiger partial charge >= 0.3 is 18.1 Å². The number of halogens is 4. The van der Waals surface area contributed by atoms with E-state index in [1.54, 1.807) is 0 Å². The van der Waals surface area contributed by atoms with Crippen LogP contribution in [0.1, 0.15) is 28.8 Å². The van der Waals surface area contributed by atoms with Gasteiger partial charge in [0.15, 0.2) is 0 Å². The molecule has 1 aliphatic rings. The number of nitrogens with zero attached hydrogens (tertiary/aromatic N) is 1. The zero-order valence-electron chi connectivity index (χ0n) is 15.9. The predicted octanol–water partition coefficient (Wildman–Crippen LogP) is 4.15. The lowest BCUT2D eigenvalue weighted by Crippen LogP contribution is -2.37. The number of ether oxygens (including phenoxy) is 1. The molecule has 1 heterocycles. The summed E-state index contributed by atoms with van der Waals surface area (Å²) in [4.78, 5) is 25.9. The number of hydrogen-bond donors (Lipinski definition) is 1. The standard InChI is InChI=1S/C21H20F4N2O3/c22-15-6-7-17(18(12-15)26-20(29)21(23,24)25)19(28)30-16-8-10-27(11-9-16)13-14-4-2-1-3-5-14/h1-7,12,16H,8-11,13H2,(H,26,29). The third-order valence-corrected chi connectivity index (χ3v) is 4.76. The van der Waals surface area contributed by atoms with Gasteiger partial charge < -0.3 is 10.1 Å². The van der Waals surface area contributed by atoms with E-state index in [0.29, 0.717) is 32.0 Å². The Labute approximate surface area is 170 Å². The van der Waals surface area contributed by atoms with Crippen LogP contribution >= 0.6 is 0 Å². The fourth-order valence-electron chi connectivity index (χ4n) is 3.23. The van der Waals surface area contributed by atoms with Crippen molar-refractivity contribution in [1.82, 2.24) is 4.90 Å². The molecule has 1 amide bonds. The molecular formula is C21H20F4N2O3. The van der Waals surface area contributed by atoms with Gasteiger partial charge in [0.05, 0.1) is 11.3 Å². The molecule has 9 heteroatoms. The highest BCUT2D eigenvalue weighted by Crippen LogP contribution is 2.24. The Hall–Kier alpha value is -2.94. The quantitative estimate of drug-likeness (QED) is 0.579. The number of likely N-dealkylation sites (tertiary alicyclic amines) is 1. The second-order valence-electron chi connectivity index (χ2n) is 7.01. The fraction of sp³-hybridized carbons (Fsp3) is 0.333. The van der Waals surface area contributed by atoms with E-state index >= 15 is 0 Å². The summed E-state index contributed by atoms with van der Waals surface area (Å²) in [6, 6.07) is 12.5. The first-order chi connectivity index (χ1) is 14.2. The third-order valence-electron chi connectivity index (χ3n) is 4.76. The van der Waals surface area contributed by atoms with Crippen molar-refractivity contribution in [2.75, 3.05) is 18.4 Å². The lowest BCUT2D eigenvalue weighted by Gasteiger charge is -2.31. The number of amides is 1. The number of piperidine rings is 1. The molecule has 0 spiro atoms. The van der Waals surface area contributed by atoms with Gasteiger partial charge in [0.1, 0.15) is 11.9 Å². The van der Waals surface area contributed by atoms with Crippen molar-refractivity contribution in [3.8, 4) is 0 Å². The maximum absolute atomic E-state index is 13.4. The summed E-state index contributed by atoms with van der Waals surface area (Å²) in [6.45, 7) is 2.15. The lowest BCUT2D eigenvalue weighted by atomic mass is 10.1. The molecule has 2 aromatic rings. The fourth-order valence-corrected chi connectivity index (χ4v) is 3.23. The van der Waals surface area contributed by atoms with Crippen LogP contribution in [-0.4, -0.2) is 42.1 Å². The number of esters is 1. The Morgan fingerprint density at radius 1 is 1.07 bits per heavy atom. The van der Waals surface area contributed by atoms with E-state index in [4.69, 9.17) is 4.74 Å². The highest BCUT2D eigenvalue weighted by molar-refractivity contribution is 6.02. The normalized spacial score (nSPS) is 15.6. The molecule has 1 N–H and O–H groups in total. The first-order valence-corrected chi connectivity index (χ1v) is 9.37. The molecule has 160 valence electrons. The Bertz CT molecular complexity index is 895. The molecule has 1 fully saturated rings. The van der Waals surface area contributed by atoms with E-state index in [1.165, 1.54) is 10.9 Å². The van der Waals surface area contributed by atoms with Gasteiger partial charge in [-0.3, -0.25) is 9.69 Å². The Morgan fingerprint density at radius 2 is 1.73 bits per heavy atom. The maximum Gasteiger partial charge on any atom is 0.471 e. The van der Waals surface area contributed by atoms with Crippen molar-refractivity contribution in [2.24, 2.45) is 0 Å². The van der Waals surface area contributed by atoms with Gasteiger partial charge in [0, 0.05) is 19.6 Å². The molecule has 30 heavy (non-hydrogen) atoms. The van der Waals surface area contributed by atoms with Crippen LogP contribution in [0.5, 0.6) is 0 Å². The van der Waals surface area contributed by atoms with E-state index in [1.807, 2.05) is 30.3 Å². The van der Waals surface area contributed by atoms with Gasteiger partial charge in [-0.05, 0) is 36.6 Å². The third kappa shape index (κ3) is 5.79. The van der Waals surface area contributed by atoms with E-state index in [2.05, 4.69) is 4.90 Å². The summed E-state index contributed by atoms with van der Waals surface area (Å²) in [7, 11) is 0. The van der Waals surface area contributed by atoms with E-state index in [-0.39, 0.29) is 5.56 Å². The SMILES string of the molecule is O=C(OC1CCN(Cc2ccccc2)CC1)c1ccc(F)cc1NC(=O)C(F)(F)F. The number of carbonyl (C=O) groups is 2. The molecule has 5 nitrogen and oxygen atoms in total. The minimum atomic E-state index is -5.17. The van der Waals surface area contributed by atoms with Crippen LogP contribution in [-0.2, 0) is 16.1 Å². The van der Waals surface area contributed by atoms with Crippen LogP contribution in [0.3, 0.4) is 0 Å². The van der Waals surface area contributed by atoms with Gasteiger partial charge in [-0.15, -0.1) is 0 Å². The Balaban J connectivity index is 1.59. The molecule has 2 aromatic carbocycles. The van der Waals surface area contributed by atoms with Crippen molar-refractivity contribution in [1.29, 1.82) is 0 Å². The average Bonchev–Trinajstić information content (AvgIpc) is 2.69. The van der Waals surface area contributed by atoms with Crippen molar-refractivity contribution in [3.63, 3.8) is 0 Å². The molecule has 0 unspecified atom stereocenters. The molecule has 1 aliphatic heterocycles. The molecule has 3 rings (SSSR count). The number of rotatable bonds is 5. The first kappa shape index (κ1) is 21.8. The maximum atomic E-state index is 13.4. The highest BCUT2D eigenvalue weighted by atomic mass is 19.4. The van der Waals surface area contributed by atoms with Gasteiger partial charge in [0.25, 0.3) is 0 Å². The molecule has 1 saturated heterocycles. The van der Waals surface area contributed by atoms with E-state index < -0.39 is 35.7 Å². The van der Waals surface area contributed by atoms with Gasteiger partial charge in [0.2, 0.25) is 0 Å². The second kappa shape index (κ2) is 9.25. The van der Waals surface area contributed by atoms with Crippen molar-refractivity contribution < 1.29 is 31.9 Å². The minimum absolute atomic E-state index is 0.333. The predicted molar refractivity (Wildman–Crippen MR) is 101 cm³/mol. The summed E-state index contributed by atoms with van der Waals surface area (Å²) in [5, 5.41) is 1.53. The van der Waals surface area contributed by atoms with Crippen molar-refractivity contribution in [3.05, 3.63) is 65.5 Å². The second-order valence-corrected chi connectivity index (χ2v) is 7.01. The van der Waals surface area contributed by atoms with Gasteiger partial charge in [-0.2, -0.15) is 13.2 Å². The highest BCUT2D eigenvalue weighted by Gasteiger charge is 2.39. The number of carbonyl (C=O) groups excluding carboxylic acids is 2. The molecule has 0 radical (unpaired) electrons. The Kier molecular flexibility index (Phi) is 6.71. The number of anilines is 1. The largest absolute Gasteiger partial charge is 0.471 e. The van der Waals surface area contributed by atoms with Crippen molar-refractivity contribution >= 4 is 17.6 Å². The summed E-state index contributed by atoms with van der Waals surface area (Å²) in [5.41, 5.74) is 0.258. The summed E-state index contributed by atoms with van der Waals surface area (Å²) >= 11 is 0. The molecule has 0 saturated carbocycles. The summed E-state index contributed by atoms with van der Waals surface area (Å²) in [5.74, 6) is -4.09. The number of alkyl halides is 3. The van der Waals surface area contributed by atoms with Gasteiger partial charge in [-0.25, -0.2) is 9.18 Å². The molecule has 0 aromatic heterocycles. The first-order valence-electron chi connectivity index (χ1n) is 9.37. The zero-order valence-corrected chi connectivity index (χ0v) is 15.9. The van der Waals surface area contributed by atoms with E-state index in [0.717, 1.165) is 18.7 Å². The average molecular weight is 424 g/mol. The van der Waals surface area contributed by atoms with Crippen LogP contribution in [0, 0.1) is 5.82 Å². The molecule has 0 atom stereocenters. The number of hydrogen-bond acceptors (Lipinski definition) is 4. The molecular weight excluding hydrogens is 404 g/mol. The number of nitrogens with one attached hydrogen (secondary N) is 1. The lowest BCUT2D eigenvalue weighted by molar-refractivity contribution is -0.167.